The van der Waals surface area contributed by atoms with Crippen LogP contribution in [-0.2, 0) is 9.59 Å². The average molecular weight is 444 g/mol. The highest BCUT2D eigenvalue weighted by molar-refractivity contribution is 5.97. The van der Waals surface area contributed by atoms with Gasteiger partial charge < -0.3 is 24.6 Å². The fourth-order valence-corrected chi connectivity index (χ4v) is 5.19. The fraction of sp³-hybridized carbons (Fsp3) is 0.625. The van der Waals surface area contributed by atoms with Gasteiger partial charge in [-0.15, -0.1) is 0 Å². The summed E-state index contributed by atoms with van der Waals surface area (Å²) in [6, 6.07) is 5.54. The number of carbonyl (C=O) groups excluding carboxylic acids is 3. The predicted molar refractivity (Wildman–Crippen MR) is 119 cm³/mol. The number of nitrogens with zero attached hydrogens (tertiary/aromatic N) is 2. The Balaban J connectivity index is 1.49. The number of amides is 3. The van der Waals surface area contributed by atoms with Gasteiger partial charge in [0.15, 0.2) is 0 Å². The highest BCUT2D eigenvalue weighted by Crippen LogP contribution is 2.35. The number of benzene rings is 1. The van der Waals surface area contributed by atoms with E-state index in [4.69, 9.17) is 9.47 Å². The summed E-state index contributed by atoms with van der Waals surface area (Å²) in [5.74, 6) is 0.842. The van der Waals surface area contributed by atoms with Gasteiger partial charge in [-0.05, 0) is 51.7 Å². The molecule has 3 unspecified atom stereocenters. The van der Waals surface area contributed by atoms with Gasteiger partial charge in [-0.2, -0.15) is 0 Å². The molecule has 3 aliphatic rings. The number of nitrogens with one attached hydrogen (secondary N) is 1. The highest BCUT2D eigenvalue weighted by Gasteiger charge is 2.41. The van der Waals surface area contributed by atoms with E-state index in [0.717, 1.165) is 19.3 Å². The molecule has 2 saturated heterocycles. The molecule has 174 valence electrons. The number of fused-ring (bicyclic) bond motifs is 1. The number of likely N-dealkylation sites (tertiary alicyclic amines) is 2. The Hall–Kier alpha value is -2.77. The van der Waals surface area contributed by atoms with E-state index in [2.05, 4.69) is 19.2 Å². The molecule has 8 heteroatoms. The quantitative estimate of drug-likeness (QED) is 0.775. The zero-order valence-corrected chi connectivity index (χ0v) is 19.2. The molecule has 3 amide bonds. The van der Waals surface area contributed by atoms with Gasteiger partial charge in [0.05, 0.1) is 25.8 Å². The second kappa shape index (κ2) is 9.00. The van der Waals surface area contributed by atoms with E-state index in [9.17, 15) is 14.4 Å². The van der Waals surface area contributed by atoms with Gasteiger partial charge in [-0.1, -0.05) is 0 Å². The van der Waals surface area contributed by atoms with Gasteiger partial charge in [0.2, 0.25) is 11.8 Å². The van der Waals surface area contributed by atoms with Crippen molar-refractivity contribution in [2.45, 2.75) is 70.1 Å². The summed E-state index contributed by atoms with van der Waals surface area (Å²) in [4.78, 5) is 42.2. The minimum absolute atomic E-state index is 0.0131. The Morgan fingerprint density at radius 2 is 1.97 bits per heavy atom. The molecule has 1 aromatic carbocycles. The Labute approximate surface area is 189 Å². The van der Waals surface area contributed by atoms with E-state index in [-0.39, 0.29) is 42.8 Å². The molecule has 1 spiro atoms. The summed E-state index contributed by atoms with van der Waals surface area (Å²) in [7, 11) is 1.57. The molecule has 0 bridgehead atoms. The zero-order chi connectivity index (χ0) is 22.9. The molecule has 3 atom stereocenters. The summed E-state index contributed by atoms with van der Waals surface area (Å²) in [6.45, 7) is 5.00. The van der Waals surface area contributed by atoms with Crippen molar-refractivity contribution >= 4 is 17.7 Å². The maximum Gasteiger partial charge on any atom is 0.255 e. The first-order valence-corrected chi connectivity index (χ1v) is 11.6. The van der Waals surface area contributed by atoms with Crippen LogP contribution in [-0.4, -0.2) is 72.0 Å². The standard InChI is InChI=1S/C24H33N3O5/c1-16-5-4-6-17(2)27(16)22(29)14-26-12-11-24(10-9-21(26)28)15-25-23(30)19-8-7-18(31-3)13-20(19)32-24/h7-8,13,16-17H,4-6,9-12,14-15H2,1-3H3,(H,25,30). The minimum Gasteiger partial charge on any atom is -0.497 e. The third kappa shape index (κ3) is 4.40. The molecule has 0 aromatic heterocycles. The van der Waals surface area contributed by atoms with Gasteiger partial charge in [0.25, 0.3) is 5.91 Å². The van der Waals surface area contributed by atoms with Crippen LogP contribution < -0.4 is 14.8 Å². The number of hydrogen-bond donors (Lipinski definition) is 1. The number of hydrogen-bond acceptors (Lipinski definition) is 5. The molecule has 1 aromatic rings. The Kier molecular flexibility index (Phi) is 6.31. The van der Waals surface area contributed by atoms with Crippen LogP contribution in [0.2, 0.25) is 0 Å². The van der Waals surface area contributed by atoms with Crippen LogP contribution >= 0.6 is 0 Å². The second-order valence-electron chi connectivity index (χ2n) is 9.33. The van der Waals surface area contributed by atoms with Crippen molar-refractivity contribution in [3.05, 3.63) is 23.8 Å². The molecule has 2 fully saturated rings. The maximum atomic E-state index is 13.1. The Morgan fingerprint density at radius 1 is 1.22 bits per heavy atom. The third-order valence-electron chi connectivity index (χ3n) is 7.12. The SMILES string of the molecule is COc1ccc2c(c1)OC1(CCC(=O)N(CC(=O)N3C(C)CCCC3C)CC1)CNC2=O. The number of carbonyl (C=O) groups is 3. The Morgan fingerprint density at radius 3 is 2.69 bits per heavy atom. The van der Waals surface area contributed by atoms with E-state index < -0.39 is 5.60 Å². The molecule has 0 aliphatic carbocycles. The van der Waals surface area contributed by atoms with E-state index in [1.165, 1.54) is 0 Å². The summed E-state index contributed by atoms with van der Waals surface area (Å²) < 4.78 is 11.7. The van der Waals surface area contributed by atoms with Crippen molar-refractivity contribution in [1.29, 1.82) is 0 Å². The average Bonchev–Trinajstić information content (AvgIpc) is 3.00. The normalized spacial score (nSPS) is 28.3. The van der Waals surface area contributed by atoms with Crippen molar-refractivity contribution in [1.82, 2.24) is 15.1 Å². The van der Waals surface area contributed by atoms with E-state index >= 15 is 0 Å². The van der Waals surface area contributed by atoms with Crippen molar-refractivity contribution in [2.24, 2.45) is 0 Å². The topological polar surface area (TPSA) is 88.2 Å². The number of rotatable bonds is 3. The van der Waals surface area contributed by atoms with Crippen molar-refractivity contribution in [3.63, 3.8) is 0 Å². The lowest BCUT2D eigenvalue weighted by Gasteiger charge is -2.40. The maximum absolute atomic E-state index is 13.1. The van der Waals surface area contributed by atoms with E-state index in [1.54, 1.807) is 30.2 Å². The second-order valence-corrected chi connectivity index (χ2v) is 9.33. The molecule has 0 saturated carbocycles. The first-order chi connectivity index (χ1) is 15.3. The van der Waals surface area contributed by atoms with Crippen molar-refractivity contribution in [2.75, 3.05) is 26.7 Å². The van der Waals surface area contributed by atoms with Gasteiger partial charge >= 0.3 is 0 Å². The molecule has 3 heterocycles. The molecule has 3 aliphatic heterocycles. The van der Waals surface area contributed by atoms with Crippen LogP contribution in [0.25, 0.3) is 0 Å². The largest absolute Gasteiger partial charge is 0.497 e. The number of ether oxygens (including phenoxy) is 2. The lowest BCUT2D eigenvalue weighted by atomic mass is 9.94. The lowest BCUT2D eigenvalue weighted by molar-refractivity contribution is -0.144. The number of piperidine rings is 1. The summed E-state index contributed by atoms with van der Waals surface area (Å²) in [5.41, 5.74) is -0.245. The molecule has 0 radical (unpaired) electrons. The molecular formula is C24H33N3O5. The lowest BCUT2D eigenvalue weighted by Crippen LogP contribution is -2.52. The molecule has 1 N–H and O–H groups in total. The summed E-state index contributed by atoms with van der Waals surface area (Å²) >= 11 is 0. The molecule has 32 heavy (non-hydrogen) atoms. The van der Waals surface area contributed by atoms with E-state index in [1.807, 2.05) is 4.90 Å². The van der Waals surface area contributed by atoms with Crippen LogP contribution in [0.4, 0.5) is 0 Å². The van der Waals surface area contributed by atoms with Crippen molar-refractivity contribution in [3.8, 4) is 11.5 Å². The van der Waals surface area contributed by atoms with Crippen molar-refractivity contribution < 1.29 is 23.9 Å². The van der Waals surface area contributed by atoms with Gasteiger partial charge in [-0.25, -0.2) is 0 Å². The zero-order valence-electron chi connectivity index (χ0n) is 19.2. The van der Waals surface area contributed by atoms with Gasteiger partial charge in [0, 0.05) is 37.5 Å². The van der Waals surface area contributed by atoms with Crippen LogP contribution in [0.1, 0.15) is 62.7 Å². The van der Waals surface area contributed by atoms with E-state index in [0.29, 0.717) is 43.0 Å². The summed E-state index contributed by atoms with van der Waals surface area (Å²) in [5, 5.41) is 2.95. The minimum atomic E-state index is -0.702. The monoisotopic (exact) mass is 443 g/mol. The van der Waals surface area contributed by atoms with Crippen LogP contribution in [0, 0.1) is 0 Å². The molecule has 4 rings (SSSR count). The Bertz CT molecular complexity index is 894. The fourth-order valence-electron chi connectivity index (χ4n) is 5.19. The smallest absolute Gasteiger partial charge is 0.255 e. The van der Waals surface area contributed by atoms with Crippen LogP contribution in [0.5, 0.6) is 11.5 Å². The molecule has 8 nitrogen and oxygen atoms in total. The third-order valence-corrected chi connectivity index (χ3v) is 7.12. The van der Waals surface area contributed by atoms with Gasteiger partial charge in [0.1, 0.15) is 17.1 Å². The van der Waals surface area contributed by atoms with Gasteiger partial charge in [-0.3, -0.25) is 14.4 Å². The summed E-state index contributed by atoms with van der Waals surface area (Å²) in [6.07, 6.45) is 4.42. The van der Waals surface area contributed by atoms with Crippen LogP contribution in [0.3, 0.4) is 0 Å². The molecular weight excluding hydrogens is 410 g/mol. The first kappa shape index (κ1) is 22.4. The highest BCUT2D eigenvalue weighted by atomic mass is 16.5. The first-order valence-electron chi connectivity index (χ1n) is 11.6. The predicted octanol–water partition coefficient (Wildman–Crippen LogP) is 2.36. The van der Waals surface area contributed by atoms with Crippen LogP contribution in [0.15, 0.2) is 18.2 Å². The number of methoxy groups -OCH3 is 1.